The number of benzene rings is 2. The molecule has 2 unspecified atom stereocenters. The maximum Gasteiger partial charge on any atom is 0.323 e. The number of aliphatic imine (C=N–C) groups is 1. The number of carboxylic acids is 1. The summed E-state index contributed by atoms with van der Waals surface area (Å²) in [7, 11) is -4.23. The molecule has 3 heterocycles. The number of hydrogen-bond donors (Lipinski definition) is 6. The van der Waals surface area contributed by atoms with Gasteiger partial charge in [0.2, 0.25) is 10.0 Å². The summed E-state index contributed by atoms with van der Waals surface area (Å²) < 4.78 is 28.9. The summed E-state index contributed by atoms with van der Waals surface area (Å²) in [6.07, 6.45) is 0.865. The van der Waals surface area contributed by atoms with Crippen LogP contribution < -0.4 is 26.0 Å². The number of carbonyl (C=O) groups excluding carboxylic acids is 1. The van der Waals surface area contributed by atoms with Crippen molar-refractivity contribution in [2.75, 3.05) is 32.7 Å². The van der Waals surface area contributed by atoms with Crippen LogP contribution in [0, 0.1) is 13.8 Å². The zero-order valence-electron chi connectivity index (χ0n) is 23.4. The largest absolute Gasteiger partial charge is 0.480 e. The Labute approximate surface area is 244 Å². The van der Waals surface area contributed by atoms with Crippen molar-refractivity contribution >= 4 is 33.6 Å². The average Bonchev–Trinajstić information content (AvgIpc) is 3.71. The second kappa shape index (κ2) is 12.1. The Bertz CT molecular complexity index is 1510. The second-order valence-corrected chi connectivity index (χ2v) is 12.5. The lowest BCUT2D eigenvalue weighted by Gasteiger charge is -2.20. The topological polar surface area (TPSA) is 183 Å². The van der Waals surface area contributed by atoms with Crippen LogP contribution in [-0.2, 0) is 24.4 Å². The minimum absolute atomic E-state index is 0.00355. The minimum atomic E-state index is -4.23. The lowest BCUT2D eigenvalue weighted by Crippen LogP contribution is -2.49. The van der Waals surface area contributed by atoms with Crippen molar-refractivity contribution in [3.63, 3.8) is 0 Å². The first-order valence-electron chi connectivity index (χ1n) is 13.8. The van der Waals surface area contributed by atoms with Gasteiger partial charge in [0.15, 0.2) is 11.6 Å². The SMILES string of the molecule is Cc1cc(-c2ccccc2)cc(C)c1S(=O)(=O)NC(CNC(=O)C1=NO[C@]2(CNC(CNC3=NCCN3)C2)C1)C(=O)O. The van der Waals surface area contributed by atoms with Gasteiger partial charge in [0, 0.05) is 45.1 Å². The van der Waals surface area contributed by atoms with Crippen LogP contribution in [0.2, 0.25) is 0 Å². The molecule has 0 bridgehead atoms. The van der Waals surface area contributed by atoms with Gasteiger partial charge in [-0.2, -0.15) is 4.72 Å². The number of sulfonamides is 1. The van der Waals surface area contributed by atoms with Gasteiger partial charge < -0.3 is 31.2 Å². The number of rotatable bonds is 10. The Morgan fingerprint density at radius 2 is 1.90 bits per heavy atom. The molecule has 224 valence electrons. The summed E-state index contributed by atoms with van der Waals surface area (Å²) in [5, 5.41) is 26.0. The minimum Gasteiger partial charge on any atom is -0.480 e. The van der Waals surface area contributed by atoms with Crippen LogP contribution in [0.4, 0.5) is 0 Å². The number of aliphatic carboxylic acids is 1. The number of carbonyl (C=O) groups is 2. The standard InChI is InChI=1S/C28H35N7O6S/c1-17-10-20(19-6-4-3-5-7-19)11-18(2)24(17)42(39,40)35-23(26(37)38)15-31-25(36)22-13-28(41-34-22)12-21(33-16-28)14-32-27-29-8-9-30-27/h3-7,10-11,21,23,33,35H,8-9,12-16H2,1-2H3,(H,31,36)(H,37,38)(H2,29,30,32)/t21?,23?,28-/m0/s1. The number of aryl methyl sites for hydroxylation is 2. The Morgan fingerprint density at radius 1 is 1.17 bits per heavy atom. The van der Waals surface area contributed by atoms with E-state index in [1.54, 1.807) is 26.0 Å². The van der Waals surface area contributed by atoms with Crippen molar-refractivity contribution in [2.24, 2.45) is 10.1 Å². The van der Waals surface area contributed by atoms with Gasteiger partial charge in [-0.15, -0.1) is 0 Å². The van der Waals surface area contributed by atoms with E-state index in [1.807, 2.05) is 30.3 Å². The van der Waals surface area contributed by atoms with Crippen LogP contribution in [0.5, 0.6) is 0 Å². The molecule has 3 aliphatic rings. The maximum atomic E-state index is 13.3. The highest BCUT2D eigenvalue weighted by molar-refractivity contribution is 7.89. The van der Waals surface area contributed by atoms with Crippen molar-refractivity contribution < 1.29 is 28.0 Å². The predicted octanol–water partition coefficient (Wildman–Crippen LogP) is 0.244. The van der Waals surface area contributed by atoms with E-state index in [4.69, 9.17) is 4.84 Å². The number of oxime groups is 1. The summed E-state index contributed by atoms with van der Waals surface area (Å²) in [5.41, 5.74) is 2.20. The quantitative estimate of drug-likeness (QED) is 0.224. The fraction of sp³-hybridized carbons (Fsp3) is 0.429. The van der Waals surface area contributed by atoms with Crippen molar-refractivity contribution in [2.45, 2.75) is 49.3 Å². The summed E-state index contributed by atoms with van der Waals surface area (Å²) in [5.74, 6) is -1.27. The molecule has 5 rings (SSSR count). The van der Waals surface area contributed by atoms with Gasteiger partial charge in [0.25, 0.3) is 5.91 Å². The first-order valence-corrected chi connectivity index (χ1v) is 15.2. The maximum absolute atomic E-state index is 13.3. The van der Waals surface area contributed by atoms with Gasteiger partial charge >= 0.3 is 5.97 Å². The Hall–Kier alpha value is -4.01. The molecule has 13 nitrogen and oxygen atoms in total. The predicted molar refractivity (Wildman–Crippen MR) is 157 cm³/mol. The number of nitrogens with zero attached hydrogens (tertiary/aromatic N) is 2. The third-order valence-corrected chi connectivity index (χ3v) is 9.30. The van der Waals surface area contributed by atoms with Crippen molar-refractivity contribution in [3.8, 4) is 11.1 Å². The van der Waals surface area contributed by atoms with Crippen LogP contribution in [0.25, 0.3) is 11.1 Å². The first-order chi connectivity index (χ1) is 20.1. The fourth-order valence-electron chi connectivity index (χ4n) is 5.55. The van der Waals surface area contributed by atoms with Crippen LogP contribution in [0.1, 0.15) is 24.0 Å². The first kappa shape index (κ1) is 29.5. The van der Waals surface area contributed by atoms with Gasteiger partial charge in [-0.1, -0.05) is 47.6 Å². The Kier molecular flexibility index (Phi) is 8.48. The van der Waals surface area contributed by atoms with Crippen LogP contribution >= 0.6 is 0 Å². The van der Waals surface area contributed by atoms with Gasteiger partial charge in [-0.05, 0) is 36.1 Å². The van der Waals surface area contributed by atoms with Gasteiger partial charge in [0.1, 0.15) is 11.8 Å². The summed E-state index contributed by atoms with van der Waals surface area (Å²) in [6.45, 7) is 5.54. The van der Waals surface area contributed by atoms with E-state index in [0.717, 1.165) is 30.2 Å². The monoisotopic (exact) mass is 597 g/mol. The molecule has 0 aromatic heterocycles. The van der Waals surface area contributed by atoms with E-state index in [2.05, 4.69) is 36.1 Å². The molecule has 2 aromatic rings. The van der Waals surface area contributed by atoms with E-state index >= 15 is 0 Å². The molecular formula is C28H35N7O6S. The average molecular weight is 598 g/mol. The molecule has 1 amide bonds. The van der Waals surface area contributed by atoms with E-state index in [-0.39, 0.29) is 23.1 Å². The Morgan fingerprint density at radius 3 is 2.57 bits per heavy atom. The van der Waals surface area contributed by atoms with E-state index < -0.39 is 40.1 Å². The Balaban J connectivity index is 1.17. The van der Waals surface area contributed by atoms with Crippen LogP contribution in [0.15, 0.2) is 57.5 Å². The van der Waals surface area contributed by atoms with Crippen LogP contribution in [-0.4, -0.2) is 87.5 Å². The highest BCUT2D eigenvalue weighted by atomic mass is 32.2. The fourth-order valence-corrected chi connectivity index (χ4v) is 7.19. The smallest absolute Gasteiger partial charge is 0.323 e. The van der Waals surface area contributed by atoms with Crippen LogP contribution in [0.3, 0.4) is 0 Å². The lowest BCUT2D eigenvalue weighted by molar-refractivity contribution is -0.138. The number of guanidine groups is 1. The molecule has 3 atom stereocenters. The molecule has 0 aliphatic carbocycles. The number of hydrogen-bond acceptors (Lipinski definition) is 10. The number of nitrogens with one attached hydrogen (secondary N) is 5. The highest BCUT2D eigenvalue weighted by Crippen LogP contribution is 2.32. The normalized spacial score (nSPS) is 22.2. The van der Waals surface area contributed by atoms with Gasteiger partial charge in [0.05, 0.1) is 11.4 Å². The summed E-state index contributed by atoms with van der Waals surface area (Å²) >= 11 is 0. The molecule has 2 aromatic carbocycles. The molecular weight excluding hydrogens is 562 g/mol. The van der Waals surface area contributed by atoms with E-state index in [1.165, 1.54) is 0 Å². The molecule has 0 saturated carbocycles. The second-order valence-electron chi connectivity index (χ2n) is 10.8. The molecule has 42 heavy (non-hydrogen) atoms. The number of carboxylic acid groups (broad SMARTS) is 1. The third-order valence-electron chi connectivity index (χ3n) is 7.52. The van der Waals surface area contributed by atoms with Gasteiger partial charge in [-0.25, -0.2) is 8.42 Å². The third kappa shape index (κ3) is 6.55. The van der Waals surface area contributed by atoms with E-state index in [0.29, 0.717) is 30.6 Å². The highest BCUT2D eigenvalue weighted by Gasteiger charge is 2.47. The molecule has 1 saturated heterocycles. The summed E-state index contributed by atoms with van der Waals surface area (Å²) in [4.78, 5) is 34.8. The molecule has 14 heteroatoms. The zero-order chi connectivity index (χ0) is 29.9. The van der Waals surface area contributed by atoms with Crippen molar-refractivity contribution in [1.82, 2.24) is 26.0 Å². The van der Waals surface area contributed by atoms with Gasteiger partial charge in [-0.3, -0.25) is 14.6 Å². The van der Waals surface area contributed by atoms with E-state index in [9.17, 15) is 23.1 Å². The molecule has 0 radical (unpaired) electrons. The van der Waals surface area contributed by atoms with Crippen molar-refractivity contribution in [1.29, 1.82) is 0 Å². The number of amides is 1. The lowest BCUT2D eigenvalue weighted by atomic mass is 9.94. The molecule has 1 fully saturated rings. The zero-order valence-corrected chi connectivity index (χ0v) is 24.3. The molecule has 1 spiro atoms. The van der Waals surface area contributed by atoms with Crippen molar-refractivity contribution in [3.05, 3.63) is 53.6 Å². The molecule has 3 aliphatic heterocycles. The molecule has 6 N–H and O–H groups in total. The summed E-state index contributed by atoms with van der Waals surface area (Å²) in [6, 6.07) is 11.5.